The van der Waals surface area contributed by atoms with Gasteiger partial charge in [0.05, 0.1) is 6.07 Å². The monoisotopic (exact) mass is 181 g/mol. The lowest BCUT2D eigenvalue weighted by Gasteiger charge is -1.95. The molecular formula is C12H23N. The Bertz CT molecular complexity index is 151. The molecule has 0 aliphatic carbocycles. The lowest BCUT2D eigenvalue weighted by Crippen LogP contribution is -1.80. The molecule has 0 unspecified atom stereocenters. The predicted molar refractivity (Wildman–Crippen MR) is 59.5 cm³/mol. The fourth-order valence-electron chi connectivity index (χ4n) is 1.02. The maximum atomic E-state index is 8.64. The number of nitriles is 1. The molecule has 0 aromatic rings. The van der Waals surface area contributed by atoms with E-state index in [2.05, 4.69) is 19.9 Å². The van der Waals surface area contributed by atoms with E-state index >= 15 is 0 Å². The van der Waals surface area contributed by atoms with E-state index in [0.717, 1.165) is 24.8 Å². The van der Waals surface area contributed by atoms with Crippen LogP contribution in [0.1, 0.15) is 59.8 Å². The van der Waals surface area contributed by atoms with Gasteiger partial charge in [-0.05, 0) is 19.3 Å². The van der Waals surface area contributed by atoms with Crippen LogP contribution in [0, 0.1) is 11.3 Å². The van der Waals surface area contributed by atoms with E-state index in [4.69, 9.17) is 5.26 Å². The Morgan fingerprint density at radius 2 is 1.85 bits per heavy atom. The van der Waals surface area contributed by atoms with Crippen molar-refractivity contribution in [2.24, 2.45) is 0 Å². The molecule has 0 amide bonds. The van der Waals surface area contributed by atoms with Crippen molar-refractivity contribution in [3.05, 3.63) is 11.6 Å². The maximum absolute atomic E-state index is 8.64. The van der Waals surface area contributed by atoms with E-state index < -0.39 is 0 Å². The molecule has 0 saturated carbocycles. The minimum atomic E-state index is 0.959. The zero-order chi connectivity index (χ0) is 10.5. The molecular weight excluding hydrogens is 158 g/mol. The van der Waals surface area contributed by atoms with Gasteiger partial charge in [0, 0.05) is 5.57 Å². The summed E-state index contributed by atoms with van der Waals surface area (Å²) in [5.41, 5.74) is 0.959. The van der Waals surface area contributed by atoms with Gasteiger partial charge in [0.1, 0.15) is 0 Å². The summed E-state index contributed by atoms with van der Waals surface area (Å²) in [6, 6.07) is 2.22. The molecule has 0 aromatic carbocycles. The van der Waals surface area contributed by atoms with Gasteiger partial charge in [-0.3, -0.25) is 0 Å². The number of allylic oxidation sites excluding steroid dienone is 2. The third-order valence-electron chi connectivity index (χ3n) is 1.64. The maximum Gasteiger partial charge on any atom is 0.0943 e. The minimum absolute atomic E-state index is 0.959. The quantitative estimate of drug-likeness (QED) is 0.454. The van der Waals surface area contributed by atoms with Crippen molar-refractivity contribution >= 4 is 0 Å². The molecule has 0 aliphatic rings. The van der Waals surface area contributed by atoms with Gasteiger partial charge in [0.25, 0.3) is 0 Å². The lowest BCUT2D eigenvalue weighted by atomic mass is 10.1. The first kappa shape index (κ1) is 14.7. The SMILES string of the molecule is CC.CC/C=C(/C#N)CCCCC. The van der Waals surface area contributed by atoms with Crippen molar-refractivity contribution < 1.29 is 0 Å². The van der Waals surface area contributed by atoms with Gasteiger partial charge in [0.15, 0.2) is 0 Å². The first-order chi connectivity index (χ1) is 6.35. The normalized spacial score (nSPS) is 9.92. The van der Waals surface area contributed by atoms with Crippen LogP contribution in [-0.2, 0) is 0 Å². The van der Waals surface area contributed by atoms with Gasteiger partial charge in [-0.2, -0.15) is 5.26 Å². The van der Waals surface area contributed by atoms with Crippen molar-refractivity contribution in [2.75, 3.05) is 0 Å². The number of rotatable bonds is 5. The first-order valence-electron chi connectivity index (χ1n) is 5.44. The van der Waals surface area contributed by atoms with E-state index in [1.807, 2.05) is 19.9 Å². The Balaban J connectivity index is 0. The Kier molecular flexibility index (Phi) is 15.6. The van der Waals surface area contributed by atoms with Crippen LogP contribution >= 0.6 is 0 Å². The van der Waals surface area contributed by atoms with Crippen LogP contribution in [0.15, 0.2) is 11.6 Å². The highest BCUT2D eigenvalue weighted by atomic mass is 14.2. The van der Waals surface area contributed by atoms with Crippen LogP contribution in [-0.4, -0.2) is 0 Å². The van der Waals surface area contributed by atoms with E-state index in [1.54, 1.807) is 0 Å². The Labute approximate surface area is 83.5 Å². The van der Waals surface area contributed by atoms with E-state index in [-0.39, 0.29) is 0 Å². The summed E-state index contributed by atoms with van der Waals surface area (Å²) in [7, 11) is 0. The summed E-state index contributed by atoms with van der Waals surface area (Å²) in [5, 5.41) is 8.64. The second kappa shape index (κ2) is 13.8. The van der Waals surface area contributed by atoms with Crippen molar-refractivity contribution in [3.63, 3.8) is 0 Å². The van der Waals surface area contributed by atoms with Gasteiger partial charge in [0.2, 0.25) is 0 Å². The molecule has 0 spiro atoms. The van der Waals surface area contributed by atoms with Crippen molar-refractivity contribution in [1.29, 1.82) is 5.26 Å². The Morgan fingerprint density at radius 1 is 1.23 bits per heavy atom. The van der Waals surface area contributed by atoms with Crippen molar-refractivity contribution in [2.45, 2.75) is 59.8 Å². The highest BCUT2D eigenvalue weighted by Crippen LogP contribution is 2.08. The summed E-state index contributed by atoms with van der Waals surface area (Å²) in [6.07, 6.45) is 7.60. The molecule has 76 valence electrons. The van der Waals surface area contributed by atoms with Crippen LogP contribution in [0.3, 0.4) is 0 Å². The van der Waals surface area contributed by atoms with Gasteiger partial charge in [-0.1, -0.05) is 46.6 Å². The average molecular weight is 181 g/mol. The molecule has 0 bridgehead atoms. The minimum Gasteiger partial charge on any atom is -0.193 e. The molecule has 0 aliphatic heterocycles. The second-order valence-corrected chi connectivity index (χ2v) is 2.71. The molecule has 0 radical (unpaired) electrons. The van der Waals surface area contributed by atoms with Gasteiger partial charge in [-0.25, -0.2) is 0 Å². The van der Waals surface area contributed by atoms with Gasteiger partial charge in [-0.15, -0.1) is 0 Å². The van der Waals surface area contributed by atoms with Crippen LogP contribution in [0.5, 0.6) is 0 Å². The summed E-state index contributed by atoms with van der Waals surface area (Å²) in [4.78, 5) is 0. The lowest BCUT2D eigenvalue weighted by molar-refractivity contribution is 0.719. The summed E-state index contributed by atoms with van der Waals surface area (Å²) in [5.74, 6) is 0. The second-order valence-electron chi connectivity index (χ2n) is 2.71. The van der Waals surface area contributed by atoms with Crippen LogP contribution in [0.2, 0.25) is 0 Å². The zero-order valence-electron chi connectivity index (χ0n) is 9.56. The molecule has 0 saturated heterocycles. The van der Waals surface area contributed by atoms with Gasteiger partial charge >= 0.3 is 0 Å². The fraction of sp³-hybridized carbons (Fsp3) is 0.750. The largest absolute Gasteiger partial charge is 0.193 e. The highest BCUT2D eigenvalue weighted by Gasteiger charge is 1.92. The standard InChI is InChI=1S/C10H17N.C2H6/c1-3-5-6-8-10(9-11)7-4-2;1-2/h7H,3-6,8H2,1-2H3;1-2H3/b10-7+;. The van der Waals surface area contributed by atoms with Crippen LogP contribution < -0.4 is 0 Å². The molecule has 1 heteroatoms. The Hall–Kier alpha value is -0.770. The molecule has 13 heavy (non-hydrogen) atoms. The number of unbranched alkanes of at least 4 members (excludes halogenated alkanes) is 2. The average Bonchev–Trinajstić information content (AvgIpc) is 2.20. The van der Waals surface area contributed by atoms with E-state index in [9.17, 15) is 0 Å². The van der Waals surface area contributed by atoms with Crippen molar-refractivity contribution in [3.8, 4) is 6.07 Å². The molecule has 0 rings (SSSR count). The fourth-order valence-corrected chi connectivity index (χ4v) is 1.02. The summed E-state index contributed by atoms with van der Waals surface area (Å²) >= 11 is 0. The number of hydrogen-bond donors (Lipinski definition) is 0. The van der Waals surface area contributed by atoms with Gasteiger partial charge < -0.3 is 0 Å². The molecule has 0 N–H and O–H groups in total. The topological polar surface area (TPSA) is 23.8 Å². The number of nitrogens with zero attached hydrogens (tertiary/aromatic N) is 1. The smallest absolute Gasteiger partial charge is 0.0943 e. The summed E-state index contributed by atoms with van der Waals surface area (Å²) < 4.78 is 0. The van der Waals surface area contributed by atoms with E-state index in [1.165, 1.54) is 12.8 Å². The number of hydrogen-bond acceptors (Lipinski definition) is 1. The molecule has 1 nitrogen and oxygen atoms in total. The third-order valence-corrected chi connectivity index (χ3v) is 1.64. The molecule has 0 heterocycles. The third kappa shape index (κ3) is 11.2. The first-order valence-corrected chi connectivity index (χ1v) is 5.44. The zero-order valence-corrected chi connectivity index (χ0v) is 9.56. The highest BCUT2D eigenvalue weighted by molar-refractivity contribution is 5.19. The molecule has 0 aromatic heterocycles. The molecule has 0 atom stereocenters. The van der Waals surface area contributed by atoms with Crippen molar-refractivity contribution in [1.82, 2.24) is 0 Å². The van der Waals surface area contributed by atoms with E-state index in [0.29, 0.717) is 0 Å². The summed E-state index contributed by atoms with van der Waals surface area (Å²) in [6.45, 7) is 8.24. The predicted octanol–water partition coefficient (Wildman–Crippen LogP) is 4.45. The molecule has 0 fully saturated rings. The van der Waals surface area contributed by atoms with Crippen LogP contribution in [0.4, 0.5) is 0 Å². The van der Waals surface area contributed by atoms with Crippen LogP contribution in [0.25, 0.3) is 0 Å². The Morgan fingerprint density at radius 3 is 2.23 bits per heavy atom.